The van der Waals surface area contributed by atoms with Gasteiger partial charge in [0.25, 0.3) is 0 Å². The third-order valence-electron chi connectivity index (χ3n) is 2.81. The fourth-order valence-electron chi connectivity index (χ4n) is 1.69. The van der Waals surface area contributed by atoms with Crippen LogP contribution in [0, 0.1) is 23.7 Å². The molecule has 0 aliphatic rings. The van der Waals surface area contributed by atoms with E-state index < -0.39 is 20.6 Å². The molecule has 0 aromatic heterocycles. The molecule has 0 amide bonds. The van der Waals surface area contributed by atoms with Crippen molar-refractivity contribution in [2.24, 2.45) is 0 Å². The predicted octanol–water partition coefficient (Wildman–Crippen LogP) is 2.27. The highest BCUT2D eigenvalue weighted by atomic mass is 32.2. The Morgan fingerprint density at radius 3 is 2.04 bits per heavy atom. The first-order valence-electron chi connectivity index (χ1n) is 6.76. The highest BCUT2D eigenvalue weighted by Crippen LogP contribution is 2.09. The highest BCUT2D eigenvalue weighted by Gasteiger charge is 2.11. The molecule has 2 rings (SSSR count). The van der Waals surface area contributed by atoms with Crippen molar-refractivity contribution < 1.29 is 12.6 Å². The lowest BCUT2D eigenvalue weighted by Crippen LogP contribution is -2.04. The molecule has 5 heteroatoms. The SMILES string of the molecule is O=S(CC#CC#CCS(=O)(=O)c1ccccc1)c1ccccc1. The molecule has 0 aliphatic heterocycles. The number of benzene rings is 2. The smallest absolute Gasteiger partial charge is 0.189 e. The molecule has 2 aromatic rings. The zero-order chi connectivity index (χ0) is 16.5. The van der Waals surface area contributed by atoms with Gasteiger partial charge in [0.05, 0.1) is 21.4 Å². The minimum Gasteiger partial charge on any atom is -0.253 e. The van der Waals surface area contributed by atoms with Crippen LogP contribution in [0.1, 0.15) is 0 Å². The third kappa shape index (κ3) is 5.41. The summed E-state index contributed by atoms with van der Waals surface area (Å²) in [6.45, 7) is 0. The van der Waals surface area contributed by atoms with Gasteiger partial charge in [0.2, 0.25) is 0 Å². The largest absolute Gasteiger partial charge is 0.253 e. The molecular formula is C18H14O3S2. The molecule has 0 aliphatic carbocycles. The van der Waals surface area contributed by atoms with Gasteiger partial charge in [0.15, 0.2) is 9.84 Å². The van der Waals surface area contributed by atoms with E-state index in [1.807, 2.05) is 18.2 Å². The second-order valence-corrected chi connectivity index (χ2v) is 7.92. The third-order valence-corrected chi connectivity index (χ3v) is 5.53. The summed E-state index contributed by atoms with van der Waals surface area (Å²) in [4.78, 5) is 0.953. The van der Waals surface area contributed by atoms with Crippen LogP contribution in [0.3, 0.4) is 0 Å². The van der Waals surface area contributed by atoms with Gasteiger partial charge < -0.3 is 0 Å². The van der Waals surface area contributed by atoms with Crippen LogP contribution in [0.5, 0.6) is 0 Å². The number of sulfone groups is 1. The maximum Gasteiger partial charge on any atom is 0.189 e. The summed E-state index contributed by atoms with van der Waals surface area (Å²) in [7, 11) is -4.60. The number of hydrogen-bond donors (Lipinski definition) is 0. The van der Waals surface area contributed by atoms with Crippen LogP contribution >= 0.6 is 0 Å². The van der Waals surface area contributed by atoms with Crippen molar-refractivity contribution in [1.29, 1.82) is 0 Å². The Hall–Kier alpha value is -2.34. The predicted molar refractivity (Wildman–Crippen MR) is 91.8 cm³/mol. The zero-order valence-corrected chi connectivity index (χ0v) is 13.9. The molecule has 23 heavy (non-hydrogen) atoms. The molecule has 116 valence electrons. The Morgan fingerprint density at radius 2 is 1.39 bits per heavy atom. The van der Waals surface area contributed by atoms with E-state index in [-0.39, 0.29) is 16.4 Å². The van der Waals surface area contributed by atoms with Crippen molar-refractivity contribution in [2.45, 2.75) is 9.79 Å². The molecule has 0 saturated heterocycles. The van der Waals surface area contributed by atoms with Crippen molar-refractivity contribution in [3.8, 4) is 23.7 Å². The van der Waals surface area contributed by atoms with Gasteiger partial charge in [-0.3, -0.25) is 4.21 Å². The second-order valence-electron chi connectivity index (χ2n) is 4.48. The maximum atomic E-state index is 12.0. The molecule has 0 radical (unpaired) electrons. The lowest BCUT2D eigenvalue weighted by Gasteiger charge is -1.98. The summed E-state index contributed by atoms with van der Waals surface area (Å²) in [5.74, 6) is 10.1. The second kappa shape index (κ2) is 8.33. The van der Waals surface area contributed by atoms with Crippen molar-refractivity contribution >= 4 is 20.6 Å². The summed E-state index contributed by atoms with van der Waals surface area (Å²) in [6.07, 6.45) is 0. The zero-order valence-electron chi connectivity index (χ0n) is 12.2. The van der Waals surface area contributed by atoms with Gasteiger partial charge in [-0.05, 0) is 36.1 Å². The Balaban J connectivity index is 1.91. The average Bonchev–Trinajstić information content (AvgIpc) is 2.59. The van der Waals surface area contributed by atoms with Crippen LogP contribution in [0.25, 0.3) is 0 Å². The normalized spacial score (nSPS) is 11.5. The van der Waals surface area contributed by atoms with E-state index >= 15 is 0 Å². The Labute approximate surface area is 139 Å². The molecule has 0 bridgehead atoms. The number of hydrogen-bond acceptors (Lipinski definition) is 3. The topological polar surface area (TPSA) is 51.2 Å². The molecule has 1 unspecified atom stereocenters. The molecule has 1 atom stereocenters. The van der Waals surface area contributed by atoms with Crippen LogP contribution in [-0.2, 0) is 20.6 Å². The lowest BCUT2D eigenvalue weighted by atomic mass is 10.4. The highest BCUT2D eigenvalue weighted by molar-refractivity contribution is 7.91. The van der Waals surface area contributed by atoms with Gasteiger partial charge in [0, 0.05) is 4.90 Å². The van der Waals surface area contributed by atoms with Gasteiger partial charge >= 0.3 is 0 Å². The van der Waals surface area contributed by atoms with Gasteiger partial charge in [0.1, 0.15) is 5.75 Å². The van der Waals surface area contributed by atoms with E-state index in [0.717, 1.165) is 0 Å². The maximum absolute atomic E-state index is 12.0. The van der Waals surface area contributed by atoms with Crippen molar-refractivity contribution in [3.63, 3.8) is 0 Å². The van der Waals surface area contributed by atoms with Gasteiger partial charge in [-0.15, -0.1) is 0 Å². The summed E-state index contributed by atoms with van der Waals surface area (Å²) < 4.78 is 35.8. The summed E-state index contributed by atoms with van der Waals surface area (Å²) >= 11 is 0. The van der Waals surface area contributed by atoms with Crippen LogP contribution in [-0.4, -0.2) is 24.1 Å². The Morgan fingerprint density at radius 1 is 0.826 bits per heavy atom. The number of rotatable bonds is 4. The van der Waals surface area contributed by atoms with E-state index in [1.165, 1.54) is 12.1 Å². The summed E-state index contributed by atoms with van der Waals surface area (Å²) in [5, 5.41) is 0. The molecule has 0 saturated carbocycles. The van der Waals surface area contributed by atoms with Crippen molar-refractivity contribution in [2.75, 3.05) is 11.5 Å². The first-order valence-corrected chi connectivity index (χ1v) is 9.74. The minimum absolute atomic E-state index is 0.171. The van der Waals surface area contributed by atoms with E-state index in [1.54, 1.807) is 30.3 Å². The Bertz CT molecular complexity index is 895. The first kappa shape index (κ1) is 17.0. The molecule has 0 spiro atoms. The standard InChI is InChI=1S/C18H14O3S2/c19-22(17-11-5-3-6-12-17)15-9-1-2-10-16-23(20,21)18-13-7-4-8-14-18/h3-8,11-14H,15-16H2. The fourth-order valence-corrected chi connectivity index (χ4v) is 3.52. The van der Waals surface area contributed by atoms with Gasteiger partial charge in [-0.1, -0.05) is 48.2 Å². The molecule has 0 N–H and O–H groups in total. The monoisotopic (exact) mass is 342 g/mol. The van der Waals surface area contributed by atoms with Crippen molar-refractivity contribution in [3.05, 3.63) is 60.7 Å². The first-order chi connectivity index (χ1) is 11.1. The molecule has 0 fully saturated rings. The summed E-state index contributed by atoms with van der Waals surface area (Å²) in [6, 6.07) is 17.2. The minimum atomic E-state index is -3.41. The fraction of sp³-hybridized carbons (Fsp3) is 0.111. The van der Waals surface area contributed by atoms with E-state index in [9.17, 15) is 12.6 Å². The van der Waals surface area contributed by atoms with E-state index in [4.69, 9.17) is 0 Å². The molecule has 0 heterocycles. The van der Waals surface area contributed by atoms with Gasteiger partial charge in [-0.25, -0.2) is 8.42 Å². The lowest BCUT2D eigenvalue weighted by molar-refractivity contribution is 0.599. The van der Waals surface area contributed by atoms with E-state index in [2.05, 4.69) is 23.7 Å². The quantitative estimate of drug-likeness (QED) is 0.801. The van der Waals surface area contributed by atoms with Crippen molar-refractivity contribution in [1.82, 2.24) is 0 Å². The van der Waals surface area contributed by atoms with Crippen LogP contribution < -0.4 is 0 Å². The molecule has 2 aromatic carbocycles. The van der Waals surface area contributed by atoms with Crippen LogP contribution in [0.2, 0.25) is 0 Å². The van der Waals surface area contributed by atoms with E-state index in [0.29, 0.717) is 4.90 Å². The summed E-state index contributed by atoms with van der Waals surface area (Å²) in [5.41, 5.74) is 0. The molecule has 3 nitrogen and oxygen atoms in total. The van der Waals surface area contributed by atoms with Gasteiger partial charge in [-0.2, -0.15) is 0 Å². The van der Waals surface area contributed by atoms with Crippen LogP contribution in [0.4, 0.5) is 0 Å². The average molecular weight is 342 g/mol. The van der Waals surface area contributed by atoms with Crippen LogP contribution in [0.15, 0.2) is 70.5 Å². The Kier molecular flexibility index (Phi) is 6.17. The molecular weight excluding hydrogens is 328 g/mol.